The van der Waals surface area contributed by atoms with Gasteiger partial charge >= 0.3 is 0 Å². The molecular formula is C22H28N4O. The van der Waals surface area contributed by atoms with E-state index >= 15 is 0 Å². The molecule has 0 atom stereocenters. The summed E-state index contributed by atoms with van der Waals surface area (Å²) in [5.74, 6) is 1.63. The van der Waals surface area contributed by atoms with Crippen molar-refractivity contribution >= 4 is 5.91 Å². The minimum Gasteiger partial charge on any atom is -0.343 e. The molecule has 0 N–H and O–H groups in total. The van der Waals surface area contributed by atoms with Crippen LogP contribution in [-0.2, 0) is 24.2 Å². The summed E-state index contributed by atoms with van der Waals surface area (Å²) in [4.78, 5) is 26.4. The second kappa shape index (κ2) is 8.17. The van der Waals surface area contributed by atoms with Crippen molar-refractivity contribution in [1.29, 1.82) is 0 Å². The van der Waals surface area contributed by atoms with E-state index in [2.05, 4.69) is 29.1 Å². The fourth-order valence-corrected chi connectivity index (χ4v) is 4.11. The molecule has 1 saturated heterocycles. The third kappa shape index (κ3) is 4.35. The normalized spacial score (nSPS) is 18.3. The Morgan fingerprint density at radius 3 is 2.70 bits per heavy atom. The summed E-state index contributed by atoms with van der Waals surface area (Å²) in [5.41, 5.74) is 3.72. The summed E-state index contributed by atoms with van der Waals surface area (Å²) >= 11 is 0. The van der Waals surface area contributed by atoms with E-state index in [0.717, 1.165) is 57.7 Å². The molecule has 0 spiro atoms. The van der Waals surface area contributed by atoms with Crippen LogP contribution in [0, 0.1) is 0 Å². The van der Waals surface area contributed by atoms with E-state index in [0.29, 0.717) is 12.3 Å². The Bertz CT molecular complexity index is 784. The number of aromatic nitrogens is 2. The lowest BCUT2D eigenvalue weighted by Crippen LogP contribution is -2.38. The molecule has 0 bridgehead atoms. The molecule has 0 unspecified atom stereocenters. The number of likely N-dealkylation sites (N-methyl/N-ethyl adjacent to an activating group) is 1. The first kappa shape index (κ1) is 18.1. The van der Waals surface area contributed by atoms with Gasteiger partial charge in [-0.25, -0.2) is 9.97 Å². The van der Waals surface area contributed by atoms with Crippen molar-refractivity contribution in [2.24, 2.45) is 0 Å². The van der Waals surface area contributed by atoms with Gasteiger partial charge in [0.1, 0.15) is 5.82 Å². The molecule has 142 valence electrons. The van der Waals surface area contributed by atoms with Gasteiger partial charge in [-0.2, -0.15) is 0 Å². The fraction of sp³-hybridized carbons (Fsp3) is 0.500. The van der Waals surface area contributed by atoms with Gasteiger partial charge in [0.15, 0.2) is 0 Å². The van der Waals surface area contributed by atoms with Gasteiger partial charge in [-0.05, 0) is 31.9 Å². The Labute approximate surface area is 161 Å². The number of amides is 1. The van der Waals surface area contributed by atoms with Gasteiger partial charge in [-0.1, -0.05) is 30.3 Å². The zero-order valence-electron chi connectivity index (χ0n) is 16.1. The largest absolute Gasteiger partial charge is 0.343 e. The van der Waals surface area contributed by atoms with Crippen molar-refractivity contribution < 1.29 is 4.79 Å². The zero-order valence-corrected chi connectivity index (χ0v) is 16.1. The Balaban J connectivity index is 1.30. The highest BCUT2D eigenvalue weighted by molar-refractivity contribution is 5.76. The van der Waals surface area contributed by atoms with Gasteiger partial charge in [-0.15, -0.1) is 0 Å². The third-order valence-electron chi connectivity index (χ3n) is 5.83. The molecule has 1 aromatic carbocycles. The maximum absolute atomic E-state index is 12.5. The summed E-state index contributed by atoms with van der Waals surface area (Å²) in [7, 11) is 2.14. The molecule has 4 rings (SSSR count). The number of fused-ring (bicyclic) bond motifs is 1. The van der Waals surface area contributed by atoms with Crippen molar-refractivity contribution in [2.45, 2.75) is 44.6 Å². The molecule has 0 radical (unpaired) electrons. The molecule has 3 heterocycles. The number of carbonyl (C=O) groups is 1. The number of nitrogens with zero attached hydrogens (tertiary/aromatic N) is 4. The molecule has 5 nitrogen and oxygen atoms in total. The molecule has 27 heavy (non-hydrogen) atoms. The van der Waals surface area contributed by atoms with Crippen molar-refractivity contribution in [2.75, 3.05) is 26.7 Å². The predicted octanol–water partition coefficient (Wildman–Crippen LogP) is 2.80. The molecule has 1 fully saturated rings. The SMILES string of the molecule is CN1CCc2nc(C3CCN(C(=O)CCc4ccccc4)CC3)ncc2C1. The fourth-order valence-electron chi connectivity index (χ4n) is 4.11. The van der Waals surface area contributed by atoms with Crippen LogP contribution in [0.4, 0.5) is 0 Å². The molecule has 1 amide bonds. The number of benzene rings is 1. The van der Waals surface area contributed by atoms with E-state index in [-0.39, 0.29) is 5.91 Å². The average molecular weight is 364 g/mol. The highest BCUT2D eigenvalue weighted by Crippen LogP contribution is 2.27. The second-order valence-corrected chi connectivity index (χ2v) is 7.83. The van der Waals surface area contributed by atoms with Crippen LogP contribution in [0.2, 0.25) is 0 Å². The first-order chi connectivity index (χ1) is 13.2. The number of hydrogen-bond acceptors (Lipinski definition) is 4. The number of hydrogen-bond donors (Lipinski definition) is 0. The van der Waals surface area contributed by atoms with E-state index in [4.69, 9.17) is 4.98 Å². The van der Waals surface area contributed by atoms with E-state index in [1.54, 1.807) is 0 Å². The van der Waals surface area contributed by atoms with Crippen LogP contribution in [0.25, 0.3) is 0 Å². The predicted molar refractivity (Wildman–Crippen MR) is 105 cm³/mol. The average Bonchev–Trinajstić information content (AvgIpc) is 2.72. The van der Waals surface area contributed by atoms with E-state index < -0.39 is 0 Å². The van der Waals surface area contributed by atoms with Crippen molar-refractivity contribution in [3.8, 4) is 0 Å². The minimum atomic E-state index is 0.270. The molecule has 1 aromatic heterocycles. The smallest absolute Gasteiger partial charge is 0.222 e. The summed E-state index contributed by atoms with van der Waals surface area (Å²) in [5, 5.41) is 0. The molecule has 2 aliphatic heterocycles. The summed E-state index contributed by atoms with van der Waals surface area (Å²) in [6, 6.07) is 10.2. The Morgan fingerprint density at radius 2 is 1.93 bits per heavy atom. The first-order valence-electron chi connectivity index (χ1n) is 10.0. The molecule has 0 aliphatic carbocycles. The Morgan fingerprint density at radius 1 is 1.15 bits per heavy atom. The maximum Gasteiger partial charge on any atom is 0.222 e. The van der Waals surface area contributed by atoms with Crippen molar-refractivity contribution in [1.82, 2.24) is 19.8 Å². The topological polar surface area (TPSA) is 49.3 Å². The molecular weight excluding hydrogens is 336 g/mol. The highest BCUT2D eigenvalue weighted by Gasteiger charge is 2.26. The van der Waals surface area contributed by atoms with Crippen molar-refractivity contribution in [3.05, 3.63) is 59.2 Å². The first-order valence-corrected chi connectivity index (χ1v) is 10.0. The quantitative estimate of drug-likeness (QED) is 0.837. The van der Waals surface area contributed by atoms with Crippen LogP contribution in [0.15, 0.2) is 36.5 Å². The minimum absolute atomic E-state index is 0.270. The summed E-state index contributed by atoms with van der Waals surface area (Å²) < 4.78 is 0. The standard InChI is InChI=1S/C22H28N4O/c1-25-12-11-20-19(16-25)15-23-22(24-20)18-9-13-26(14-10-18)21(27)8-7-17-5-3-2-4-6-17/h2-6,15,18H,7-14,16H2,1H3. The molecule has 5 heteroatoms. The van der Waals surface area contributed by atoms with Gasteiger partial charge < -0.3 is 9.80 Å². The zero-order chi connectivity index (χ0) is 18.6. The summed E-state index contributed by atoms with van der Waals surface area (Å²) in [6.45, 7) is 3.66. The van der Waals surface area contributed by atoms with Crippen LogP contribution in [0.3, 0.4) is 0 Å². The molecule has 2 aromatic rings. The lowest BCUT2D eigenvalue weighted by molar-refractivity contribution is -0.132. The second-order valence-electron chi connectivity index (χ2n) is 7.83. The van der Waals surface area contributed by atoms with Gasteiger partial charge in [0.2, 0.25) is 5.91 Å². The lowest BCUT2D eigenvalue weighted by Gasteiger charge is -2.32. The van der Waals surface area contributed by atoms with Gasteiger partial charge in [0, 0.05) is 62.4 Å². The number of aryl methyl sites for hydroxylation is 1. The van der Waals surface area contributed by atoms with Crippen molar-refractivity contribution in [3.63, 3.8) is 0 Å². The van der Waals surface area contributed by atoms with Gasteiger partial charge in [0.25, 0.3) is 0 Å². The highest BCUT2D eigenvalue weighted by atomic mass is 16.2. The van der Waals surface area contributed by atoms with Gasteiger partial charge in [-0.3, -0.25) is 4.79 Å². The van der Waals surface area contributed by atoms with E-state index in [1.165, 1.54) is 16.8 Å². The molecule has 0 saturated carbocycles. The summed E-state index contributed by atoms with van der Waals surface area (Å²) in [6.07, 6.45) is 6.38. The van der Waals surface area contributed by atoms with E-state index in [1.807, 2.05) is 29.3 Å². The monoisotopic (exact) mass is 364 g/mol. The molecule has 2 aliphatic rings. The third-order valence-corrected chi connectivity index (χ3v) is 5.83. The number of rotatable bonds is 4. The van der Waals surface area contributed by atoms with Gasteiger partial charge in [0.05, 0.1) is 0 Å². The van der Waals surface area contributed by atoms with Crippen LogP contribution >= 0.6 is 0 Å². The Kier molecular flexibility index (Phi) is 5.48. The van der Waals surface area contributed by atoms with Crippen LogP contribution < -0.4 is 0 Å². The van der Waals surface area contributed by atoms with Crippen LogP contribution in [0.1, 0.15) is 47.8 Å². The number of carbonyl (C=O) groups excluding carboxylic acids is 1. The number of likely N-dealkylation sites (tertiary alicyclic amines) is 1. The van der Waals surface area contributed by atoms with E-state index in [9.17, 15) is 4.79 Å². The lowest BCUT2D eigenvalue weighted by atomic mass is 9.95. The maximum atomic E-state index is 12.5. The van der Waals surface area contributed by atoms with Crippen LogP contribution in [0.5, 0.6) is 0 Å². The number of piperidine rings is 1. The Hall–Kier alpha value is -2.27. The van der Waals surface area contributed by atoms with Crippen LogP contribution in [-0.4, -0.2) is 52.4 Å².